The molecular formula is C29H30F2N2O4. The van der Waals surface area contributed by atoms with E-state index < -0.39 is 18.5 Å². The molecular weight excluding hydrogens is 478 g/mol. The number of hydrogen-bond acceptors (Lipinski definition) is 6. The number of hydrogen-bond donors (Lipinski definition) is 1. The average molecular weight is 509 g/mol. The van der Waals surface area contributed by atoms with Crippen LogP contribution in [0.15, 0.2) is 60.7 Å². The number of carbonyl (C=O) groups excluding carboxylic acids is 1. The quantitative estimate of drug-likeness (QED) is 0.385. The first-order chi connectivity index (χ1) is 18.0. The van der Waals surface area contributed by atoms with Crippen molar-refractivity contribution in [2.24, 2.45) is 5.73 Å². The van der Waals surface area contributed by atoms with E-state index in [0.29, 0.717) is 23.3 Å². The summed E-state index contributed by atoms with van der Waals surface area (Å²) in [5.74, 6) is 0.0784. The number of para-hydroxylation sites is 1. The van der Waals surface area contributed by atoms with Crippen molar-refractivity contribution in [3.05, 3.63) is 83.2 Å². The average Bonchev–Trinajstić information content (AvgIpc) is 3.38. The van der Waals surface area contributed by atoms with Crippen molar-refractivity contribution in [2.75, 3.05) is 31.3 Å². The lowest BCUT2D eigenvalue weighted by atomic mass is 9.94. The van der Waals surface area contributed by atoms with E-state index in [0.717, 1.165) is 49.4 Å². The van der Waals surface area contributed by atoms with E-state index in [1.54, 1.807) is 12.1 Å². The molecule has 0 saturated carbocycles. The molecule has 2 N–H and O–H groups in total. The molecule has 2 saturated heterocycles. The number of halogens is 2. The summed E-state index contributed by atoms with van der Waals surface area (Å²) in [6.07, 6.45) is 1.99. The molecule has 0 amide bonds. The zero-order chi connectivity index (χ0) is 25.8. The molecule has 3 aromatic rings. The summed E-state index contributed by atoms with van der Waals surface area (Å²) in [5.41, 5.74) is 9.43. The number of rotatable bonds is 10. The predicted octanol–water partition coefficient (Wildman–Crippen LogP) is 5.08. The van der Waals surface area contributed by atoms with Crippen LogP contribution in [-0.4, -0.2) is 38.4 Å². The molecule has 2 fully saturated rings. The Morgan fingerprint density at radius 1 is 1.11 bits per heavy atom. The second-order valence-corrected chi connectivity index (χ2v) is 9.61. The molecule has 6 nitrogen and oxygen atoms in total. The van der Waals surface area contributed by atoms with Gasteiger partial charge in [0, 0.05) is 41.9 Å². The van der Waals surface area contributed by atoms with Gasteiger partial charge in [-0.25, -0.2) is 8.78 Å². The summed E-state index contributed by atoms with van der Waals surface area (Å²) in [6.45, 7) is 2.28. The molecule has 8 heteroatoms. The van der Waals surface area contributed by atoms with Crippen LogP contribution >= 0.6 is 0 Å². The lowest BCUT2D eigenvalue weighted by Gasteiger charge is -2.38. The Labute approximate surface area is 214 Å². The van der Waals surface area contributed by atoms with Crippen LogP contribution in [0.1, 0.15) is 35.6 Å². The van der Waals surface area contributed by atoms with Crippen LogP contribution < -0.4 is 15.4 Å². The largest absolute Gasteiger partial charge is 0.488 e. The maximum absolute atomic E-state index is 15.5. The van der Waals surface area contributed by atoms with Gasteiger partial charge >= 0.3 is 0 Å². The van der Waals surface area contributed by atoms with Gasteiger partial charge in [0.25, 0.3) is 6.47 Å². The fourth-order valence-corrected chi connectivity index (χ4v) is 5.06. The minimum atomic E-state index is -1.02. The first-order valence-corrected chi connectivity index (χ1v) is 12.4. The monoisotopic (exact) mass is 508 g/mol. The van der Waals surface area contributed by atoms with E-state index in [1.807, 2.05) is 42.5 Å². The molecule has 1 spiro atoms. The highest BCUT2D eigenvalue weighted by atomic mass is 19.1. The molecule has 0 aromatic heterocycles. The molecule has 2 aliphatic rings. The van der Waals surface area contributed by atoms with Gasteiger partial charge in [-0.05, 0) is 41.8 Å². The van der Waals surface area contributed by atoms with Gasteiger partial charge in [-0.3, -0.25) is 4.79 Å². The van der Waals surface area contributed by atoms with Gasteiger partial charge in [0.05, 0.1) is 18.2 Å². The highest BCUT2D eigenvalue weighted by Crippen LogP contribution is 2.40. The SMILES string of the molecule is N[C@@H](CF)c1cccc(-c2cc(COc3ccccc3COC=O)cc(N3CCC4(CCO4)C3)c2)c1F. The lowest BCUT2D eigenvalue weighted by Crippen LogP contribution is -2.45. The summed E-state index contributed by atoms with van der Waals surface area (Å²) in [4.78, 5) is 12.9. The van der Waals surface area contributed by atoms with E-state index in [2.05, 4.69) is 4.90 Å². The van der Waals surface area contributed by atoms with Crippen LogP contribution in [-0.2, 0) is 27.5 Å². The third-order valence-electron chi connectivity index (χ3n) is 7.20. The Kier molecular flexibility index (Phi) is 7.39. The molecule has 0 aliphatic carbocycles. The van der Waals surface area contributed by atoms with E-state index in [9.17, 15) is 9.18 Å². The summed E-state index contributed by atoms with van der Waals surface area (Å²) >= 11 is 0. The Balaban J connectivity index is 1.48. The zero-order valence-corrected chi connectivity index (χ0v) is 20.5. The summed E-state index contributed by atoms with van der Waals surface area (Å²) in [7, 11) is 0. The first-order valence-electron chi connectivity index (χ1n) is 12.4. The minimum absolute atomic E-state index is 0.0940. The number of alkyl halides is 1. The number of carbonyl (C=O) groups is 1. The molecule has 2 heterocycles. The van der Waals surface area contributed by atoms with Crippen LogP contribution in [0.25, 0.3) is 11.1 Å². The third-order valence-corrected chi connectivity index (χ3v) is 7.20. The Hall–Kier alpha value is -3.49. The molecule has 194 valence electrons. The standard InChI is InChI=1S/C29H30F2N2O4/c30-15-26(32)25-6-3-5-24(28(25)31)22-12-20(16-36-27-7-2-1-4-21(27)17-35-19-34)13-23(14-22)33-10-8-29(18-33)9-11-37-29/h1-7,12-14,19,26H,8-11,15-18,32H2/t26-,29?/m0/s1. The smallest absolute Gasteiger partial charge is 0.293 e. The van der Waals surface area contributed by atoms with Gasteiger partial charge < -0.3 is 24.8 Å². The Bertz CT molecular complexity index is 1260. The molecule has 3 aromatic carbocycles. The predicted molar refractivity (Wildman–Crippen MR) is 136 cm³/mol. The van der Waals surface area contributed by atoms with Crippen molar-refractivity contribution in [3.63, 3.8) is 0 Å². The van der Waals surface area contributed by atoms with Crippen molar-refractivity contribution < 1.29 is 27.8 Å². The van der Waals surface area contributed by atoms with Gasteiger partial charge in [0.2, 0.25) is 0 Å². The van der Waals surface area contributed by atoms with Crippen LogP contribution in [0.3, 0.4) is 0 Å². The summed E-state index contributed by atoms with van der Waals surface area (Å²) < 4.78 is 45.6. The van der Waals surface area contributed by atoms with E-state index in [-0.39, 0.29) is 24.4 Å². The van der Waals surface area contributed by atoms with Crippen molar-refractivity contribution >= 4 is 12.2 Å². The zero-order valence-electron chi connectivity index (χ0n) is 20.5. The van der Waals surface area contributed by atoms with Crippen LogP contribution in [0.2, 0.25) is 0 Å². The number of ether oxygens (including phenoxy) is 3. The molecule has 0 radical (unpaired) electrons. The van der Waals surface area contributed by atoms with E-state index >= 15 is 4.39 Å². The Morgan fingerprint density at radius 2 is 1.95 bits per heavy atom. The van der Waals surface area contributed by atoms with Gasteiger partial charge in [0.1, 0.15) is 31.5 Å². The highest BCUT2D eigenvalue weighted by molar-refractivity contribution is 5.71. The molecule has 1 unspecified atom stereocenters. The molecule has 2 aliphatic heterocycles. The Morgan fingerprint density at radius 3 is 2.68 bits per heavy atom. The number of anilines is 1. The van der Waals surface area contributed by atoms with Crippen LogP contribution in [0.4, 0.5) is 14.5 Å². The second kappa shape index (κ2) is 10.9. The van der Waals surface area contributed by atoms with Gasteiger partial charge in [0.15, 0.2) is 0 Å². The number of nitrogens with zero attached hydrogens (tertiary/aromatic N) is 1. The van der Waals surface area contributed by atoms with Gasteiger partial charge in [-0.15, -0.1) is 0 Å². The van der Waals surface area contributed by atoms with Crippen LogP contribution in [0, 0.1) is 5.82 Å². The minimum Gasteiger partial charge on any atom is -0.488 e. The van der Waals surface area contributed by atoms with Crippen molar-refractivity contribution in [1.82, 2.24) is 0 Å². The van der Waals surface area contributed by atoms with E-state index in [1.165, 1.54) is 6.07 Å². The topological polar surface area (TPSA) is 74.0 Å². The van der Waals surface area contributed by atoms with Gasteiger partial charge in [-0.1, -0.05) is 36.4 Å². The van der Waals surface area contributed by atoms with Gasteiger partial charge in [-0.2, -0.15) is 0 Å². The molecule has 0 bridgehead atoms. The van der Waals surface area contributed by atoms with Crippen molar-refractivity contribution in [2.45, 2.75) is 37.7 Å². The number of benzene rings is 3. The maximum Gasteiger partial charge on any atom is 0.293 e. The maximum atomic E-state index is 15.5. The second-order valence-electron chi connectivity index (χ2n) is 9.61. The molecule has 37 heavy (non-hydrogen) atoms. The summed E-state index contributed by atoms with van der Waals surface area (Å²) in [5, 5.41) is 0. The van der Waals surface area contributed by atoms with Crippen LogP contribution in [0.5, 0.6) is 5.75 Å². The fourth-order valence-electron chi connectivity index (χ4n) is 5.06. The normalized spacial score (nSPS) is 19.5. The molecule has 2 atom stereocenters. The highest BCUT2D eigenvalue weighted by Gasteiger charge is 2.44. The third kappa shape index (κ3) is 5.31. The summed E-state index contributed by atoms with van der Waals surface area (Å²) in [6, 6.07) is 17.1. The molecule has 5 rings (SSSR count). The first kappa shape index (κ1) is 25.2. The fraction of sp³-hybridized carbons (Fsp3) is 0.345. The number of nitrogens with two attached hydrogens (primary N) is 1. The van der Waals surface area contributed by atoms with E-state index in [4.69, 9.17) is 19.9 Å². The lowest BCUT2D eigenvalue weighted by molar-refractivity contribution is -0.130. The van der Waals surface area contributed by atoms with Crippen molar-refractivity contribution in [1.29, 1.82) is 0 Å². The van der Waals surface area contributed by atoms with Crippen molar-refractivity contribution in [3.8, 4) is 16.9 Å².